The molecule has 31 heteroatoms. The lowest BCUT2D eigenvalue weighted by atomic mass is 9.75. The number of hydrogen-bond donors (Lipinski definition) is 0. The van der Waals surface area contributed by atoms with Gasteiger partial charge < -0.3 is 114 Å². The van der Waals surface area contributed by atoms with Crippen molar-refractivity contribution in [3.63, 3.8) is 0 Å². The predicted molar refractivity (Wildman–Crippen MR) is 483 cm³/mol. The summed E-state index contributed by atoms with van der Waals surface area (Å²) in [6.07, 6.45) is 0.339. The minimum absolute atomic E-state index is 0.0454. The first-order chi connectivity index (χ1) is 61.9. The van der Waals surface area contributed by atoms with Crippen molar-refractivity contribution in [2.75, 3.05) is 252 Å². The predicted octanol–water partition coefficient (Wildman–Crippen LogP) is 14.1. The van der Waals surface area contributed by atoms with Crippen molar-refractivity contribution in [1.29, 1.82) is 0 Å². The molecule has 0 saturated carbocycles. The summed E-state index contributed by atoms with van der Waals surface area (Å²) in [4.78, 5) is 53.9. The van der Waals surface area contributed by atoms with Crippen LogP contribution >= 0.6 is 0 Å². The van der Waals surface area contributed by atoms with Crippen LogP contribution in [-0.2, 0) is 135 Å². The van der Waals surface area contributed by atoms with E-state index < -0.39 is 66.2 Å². The fourth-order valence-corrected chi connectivity index (χ4v) is 14.5. The molecule has 6 aromatic carbocycles. The highest BCUT2D eigenvalue weighted by atomic mass is 32.2. The van der Waals surface area contributed by atoms with Crippen LogP contribution in [0.15, 0.2) is 155 Å². The lowest BCUT2D eigenvalue weighted by Gasteiger charge is -2.31. The number of carbonyl (C=O) groups is 4. The van der Waals surface area contributed by atoms with Crippen LogP contribution < -0.4 is 18.9 Å². The largest absolute Gasteiger partial charge is 0.463 e. The zero-order valence-corrected chi connectivity index (χ0v) is 79.2. The highest BCUT2D eigenvalue weighted by molar-refractivity contribution is 7.91. The number of esters is 4. The first-order valence-corrected chi connectivity index (χ1v) is 45.6. The van der Waals surface area contributed by atoms with E-state index in [1.54, 1.807) is 118 Å². The Balaban J connectivity index is 0.803. The van der Waals surface area contributed by atoms with Crippen LogP contribution in [-0.4, -0.2) is 284 Å². The summed E-state index contributed by atoms with van der Waals surface area (Å²) in [7, 11) is -0.646. The Morgan fingerprint density at radius 2 is 0.380 bits per heavy atom. The molecule has 0 heterocycles. The lowest BCUT2D eigenvalue weighted by molar-refractivity contribution is -0.161. The van der Waals surface area contributed by atoms with Gasteiger partial charge in [0.25, 0.3) is 0 Å². The summed E-state index contributed by atoms with van der Waals surface area (Å²) in [5.41, 5.74) is -1.11. The quantitative estimate of drug-likeness (QED) is 0.0194. The van der Waals surface area contributed by atoms with Gasteiger partial charge in [-0.3, -0.25) is 19.2 Å². The van der Waals surface area contributed by atoms with Crippen LogP contribution in [0.2, 0.25) is 0 Å². The van der Waals surface area contributed by atoms with Crippen molar-refractivity contribution in [2.24, 2.45) is 21.7 Å². The molecular formula is C98H142O30S. The van der Waals surface area contributed by atoms with Crippen molar-refractivity contribution < 1.29 is 141 Å². The molecule has 0 radical (unpaired) electrons. The first kappa shape index (κ1) is 110. The third-order valence-corrected chi connectivity index (χ3v) is 22.2. The molecule has 0 bridgehead atoms. The molecule has 0 fully saturated rings. The minimum Gasteiger partial charge on any atom is -0.463 e. The second-order valence-electron chi connectivity index (χ2n) is 33.7. The molecule has 0 aliphatic rings. The zero-order chi connectivity index (χ0) is 93.5. The second kappa shape index (κ2) is 60.2. The van der Waals surface area contributed by atoms with E-state index in [2.05, 4.69) is 27.7 Å². The molecular weight excluding hydrogens is 1690 g/mol. The molecule has 0 unspecified atom stereocenters. The highest BCUT2D eigenvalue weighted by Gasteiger charge is 2.43. The maximum atomic E-state index is 13.9. The average molecular weight is 1830 g/mol. The van der Waals surface area contributed by atoms with Gasteiger partial charge in [-0.05, 0) is 188 Å². The fraction of sp³-hybridized carbons (Fsp3) is 0.592. The normalized spacial score (nSPS) is 12.3. The molecule has 0 aliphatic heterocycles. The molecule has 0 aliphatic carbocycles. The summed E-state index contributed by atoms with van der Waals surface area (Å²) in [5, 5.41) is 0. The van der Waals surface area contributed by atoms with E-state index in [-0.39, 0.29) is 49.1 Å². The summed E-state index contributed by atoms with van der Waals surface area (Å²) in [5.74, 6) is 0.845. The lowest BCUT2D eigenvalue weighted by Crippen LogP contribution is -2.38. The van der Waals surface area contributed by atoms with Crippen molar-refractivity contribution in [1.82, 2.24) is 0 Å². The van der Waals surface area contributed by atoms with Crippen LogP contribution in [0.1, 0.15) is 118 Å². The van der Waals surface area contributed by atoms with Crippen molar-refractivity contribution >= 4 is 33.7 Å². The molecule has 0 amide bonds. The van der Waals surface area contributed by atoms with Crippen molar-refractivity contribution in [3.8, 4) is 34.5 Å². The molecule has 0 aromatic heterocycles. The van der Waals surface area contributed by atoms with E-state index in [4.69, 9.17) is 114 Å². The molecule has 129 heavy (non-hydrogen) atoms. The first-order valence-electron chi connectivity index (χ1n) is 44.2. The Morgan fingerprint density at radius 3 is 0.574 bits per heavy atom. The molecule has 0 atom stereocenters. The fourth-order valence-electron chi connectivity index (χ4n) is 13.2. The average Bonchev–Trinajstić information content (AvgIpc) is 0.794. The number of methoxy groups -OCH3 is 2. The molecule has 30 nitrogen and oxygen atoms in total. The van der Waals surface area contributed by atoms with E-state index in [9.17, 15) is 27.6 Å². The number of ether oxygens (including phenoxy) is 24. The second-order valence-corrected chi connectivity index (χ2v) is 35.7. The number of rotatable bonds is 74. The van der Waals surface area contributed by atoms with Crippen LogP contribution in [0, 0.1) is 21.7 Å². The van der Waals surface area contributed by atoms with E-state index >= 15 is 0 Å². The Hall–Kier alpha value is -7.97. The van der Waals surface area contributed by atoms with Gasteiger partial charge in [-0.25, -0.2) is 8.42 Å². The molecule has 720 valence electrons. The van der Waals surface area contributed by atoms with E-state index in [1.165, 1.54) is 24.3 Å². The Kier molecular flexibility index (Phi) is 51.3. The summed E-state index contributed by atoms with van der Waals surface area (Å²) in [6, 6.07) is 42.5. The van der Waals surface area contributed by atoms with E-state index in [1.807, 2.05) is 72.8 Å². The van der Waals surface area contributed by atoms with Gasteiger partial charge in [-0.1, -0.05) is 76.2 Å². The van der Waals surface area contributed by atoms with Gasteiger partial charge in [-0.15, -0.1) is 0 Å². The topological polar surface area (TPSA) is 324 Å². The van der Waals surface area contributed by atoms with Crippen LogP contribution in [0.4, 0.5) is 0 Å². The minimum atomic E-state index is -3.91. The van der Waals surface area contributed by atoms with Gasteiger partial charge in [0, 0.05) is 25.0 Å². The number of sulfone groups is 1. The van der Waals surface area contributed by atoms with Gasteiger partial charge in [0.15, 0.2) is 0 Å². The maximum Gasteiger partial charge on any atom is 0.316 e. The third kappa shape index (κ3) is 42.6. The summed E-state index contributed by atoms with van der Waals surface area (Å²) < 4.78 is 161. The van der Waals surface area contributed by atoms with Gasteiger partial charge >= 0.3 is 23.9 Å². The monoisotopic (exact) mass is 1830 g/mol. The highest BCUT2D eigenvalue weighted by Crippen LogP contribution is 2.41. The number of carbonyl (C=O) groups excluding carboxylic acids is 4. The van der Waals surface area contributed by atoms with Gasteiger partial charge in [-0.2, -0.15) is 0 Å². The van der Waals surface area contributed by atoms with Crippen molar-refractivity contribution in [3.05, 3.63) is 168 Å². The molecule has 0 N–H and O–H groups in total. The standard InChI is InChI=1S/C98H142O30S/c1-93(2,89(99)123-73-71-121-69-67-119-65-63-117-61-59-115-57-55-113-53-51-111-49-47-109-45-43-107-41-39-105-13)75-95(5,6)91(101)127-85-27-19-79(20-28-85)97(9,10)77-15-23-81(24-16-77)125-83-31-35-87(36-32-83)129(103,104)88-37-33-84(34-38-88)126-82-25-17-78(18-26-82)98(11,12)80-21-29-86(30-22-80)128-92(102)96(7,8)76-94(3,4)90(100)124-74-72-122-70-68-120-66-64-118-62-60-116-58-56-114-54-52-112-50-48-110-46-44-108-42-40-106-14/h15-38H,39-76H2,1-14H3. The SMILES string of the molecule is COCCOCCOCCOCCOCCOCCOCCOCCOCCOC(=O)C(C)(C)CC(C)(C)C(=O)Oc1ccc(C(C)(C)c2ccc(Oc3ccc(S(=O)(=O)c4ccc(Oc5ccc(C(C)(C)c6ccc(OC(=O)C(C)(C)CC(C)(C)C(=O)OCCOCCOCCOCCOCCOCCOCCOCCOCCOC)cc6)cc5)cc4)cc3)cc2)cc1. The van der Waals surface area contributed by atoms with Gasteiger partial charge in [0.1, 0.15) is 47.7 Å². The Bertz CT molecular complexity index is 3900. The number of hydrogen-bond acceptors (Lipinski definition) is 30. The Morgan fingerprint density at radius 1 is 0.217 bits per heavy atom. The Labute approximate surface area is 763 Å². The van der Waals surface area contributed by atoms with Gasteiger partial charge in [0.05, 0.1) is 256 Å². The summed E-state index contributed by atoms with van der Waals surface area (Å²) >= 11 is 0. The van der Waals surface area contributed by atoms with Crippen LogP contribution in [0.25, 0.3) is 0 Å². The van der Waals surface area contributed by atoms with Gasteiger partial charge in [0.2, 0.25) is 9.84 Å². The van der Waals surface area contributed by atoms with Crippen molar-refractivity contribution in [2.45, 2.75) is 117 Å². The maximum absolute atomic E-state index is 13.9. The smallest absolute Gasteiger partial charge is 0.316 e. The number of benzene rings is 6. The third-order valence-electron chi connectivity index (χ3n) is 20.4. The van der Waals surface area contributed by atoms with E-state index in [0.29, 0.717) is 246 Å². The zero-order valence-electron chi connectivity index (χ0n) is 78.4. The summed E-state index contributed by atoms with van der Waals surface area (Å²) in [6.45, 7) is 37.4. The molecule has 6 rings (SSSR count). The van der Waals surface area contributed by atoms with Crippen LogP contribution in [0.3, 0.4) is 0 Å². The molecule has 0 spiro atoms. The van der Waals surface area contributed by atoms with Crippen LogP contribution in [0.5, 0.6) is 34.5 Å². The molecule has 0 saturated heterocycles. The van der Waals surface area contributed by atoms with E-state index in [0.717, 1.165) is 22.3 Å². The molecule has 6 aromatic rings.